The Labute approximate surface area is 116 Å². The number of anilines is 1. The van der Waals surface area contributed by atoms with Crippen molar-refractivity contribution in [2.45, 2.75) is 18.6 Å². The molecule has 2 heterocycles. The summed E-state index contributed by atoms with van der Waals surface area (Å²) < 4.78 is 29.6. The summed E-state index contributed by atoms with van der Waals surface area (Å²) in [5.74, 6) is -0.318. The van der Waals surface area contributed by atoms with Gasteiger partial charge in [0.15, 0.2) is 5.58 Å². The van der Waals surface area contributed by atoms with Crippen molar-refractivity contribution in [3.05, 3.63) is 24.0 Å². The molecule has 1 fully saturated rings. The lowest BCUT2D eigenvalue weighted by Crippen LogP contribution is -2.33. The summed E-state index contributed by atoms with van der Waals surface area (Å²) in [6.45, 7) is 1.27. The number of halogens is 1. The summed E-state index contributed by atoms with van der Waals surface area (Å²) in [5.41, 5.74) is 1.11. The fourth-order valence-electron chi connectivity index (χ4n) is 2.64. The van der Waals surface area contributed by atoms with Gasteiger partial charge in [-0.15, -0.1) is 0 Å². The molecule has 3 rings (SSSR count). The Balaban J connectivity index is 1.91. The van der Waals surface area contributed by atoms with Crippen LogP contribution in [0.25, 0.3) is 11.1 Å². The van der Waals surface area contributed by atoms with E-state index in [9.17, 15) is 4.39 Å². The van der Waals surface area contributed by atoms with E-state index in [4.69, 9.17) is 13.9 Å². The smallest absolute Gasteiger partial charge is 0.298 e. The Kier molecular flexibility index (Phi) is 3.58. The molecule has 0 amide bonds. The Bertz CT molecular complexity index is 601. The maximum Gasteiger partial charge on any atom is 0.298 e. The molecule has 0 N–H and O–H groups in total. The number of nitrogens with zero attached hydrogens (tertiary/aromatic N) is 2. The summed E-state index contributed by atoms with van der Waals surface area (Å²) in [6.07, 6.45) is 0.985. The zero-order valence-electron chi connectivity index (χ0n) is 11.5. The molecule has 5 nitrogen and oxygen atoms in total. The van der Waals surface area contributed by atoms with Gasteiger partial charge < -0.3 is 18.8 Å². The van der Waals surface area contributed by atoms with Crippen LogP contribution in [0, 0.1) is 5.82 Å². The zero-order valence-corrected chi connectivity index (χ0v) is 11.5. The molecule has 0 unspecified atom stereocenters. The first-order valence-corrected chi connectivity index (χ1v) is 6.55. The van der Waals surface area contributed by atoms with Gasteiger partial charge in [-0.3, -0.25) is 0 Å². The van der Waals surface area contributed by atoms with Gasteiger partial charge >= 0.3 is 0 Å². The van der Waals surface area contributed by atoms with Gasteiger partial charge in [0.1, 0.15) is 11.3 Å². The van der Waals surface area contributed by atoms with Crippen molar-refractivity contribution in [2.24, 2.45) is 0 Å². The SMILES string of the molecule is COC[C@@H]1C[C@H](OC)CN1c1nc2cc(F)ccc2o1. The van der Waals surface area contributed by atoms with E-state index in [0.29, 0.717) is 30.3 Å². The summed E-state index contributed by atoms with van der Waals surface area (Å²) in [5, 5.41) is 0. The second-order valence-corrected chi connectivity index (χ2v) is 4.96. The lowest BCUT2D eigenvalue weighted by atomic mass is 10.2. The molecule has 1 aliphatic heterocycles. The number of hydrogen-bond acceptors (Lipinski definition) is 5. The van der Waals surface area contributed by atoms with Crippen LogP contribution >= 0.6 is 0 Å². The van der Waals surface area contributed by atoms with Crippen molar-refractivity contribution in [1.82, 2.24) is 4.98 Å². The maximum absolute atomic E-state index is 13.2. The predicted octanol–water partition coefficient (Wildman–Crippen LogP) is 2.21. The Morgan fingerprint density at radius 1 is 1.45 bits per heavy atom. The minimum Gasteiger partial charge on any atom is -0.423 e. The molecule has 1 aromatic heterocycles. The fraction of sp³-hybridized carbons (Fsp3) is 0.500. The average Bonchev–Trinajstić information content (AvgIpc) is 3.01. The van der Waals surface area contributed by atoms with Gasteiger partial charge in [-0.1, -0.05) is 0 Å². The fourth-order valence-corrected chi connectivity index (χ4v) is 2.64. The normalized spacial score (nSPS) is 22.9. The molecule has 2 aromatic rings. The van der Waals surface area contributed by atoms with Crippen LogP contribution < -0.4 is 4.90 Å². The number of aromatic nitrogens is 1. The second kappa shape index (κ2) is 5.38. The van der Waals surface area contributed by atoms with Crippen molar-refractivity contribution < 1.29 is 18.3 Å². The molecule has 0 aliphatic carbocycles. The minimum absolute atomic E-state index is 0.127. The molecule has 20 heavy (non-hydrogen) atoms. The monoisotopic (exact) mass is 280 g/mol. The highest BCUT2D eigenvalue weighted by molar-refractivity contribution is 5.74. The van der Waals surface area contributed by atoms with Gasteiger partial charge in [-0.25, -0.2) is 4.39 Å². The van der Waals surface area contributed by atoms with E-state index in [2.05, 4.69) is 4.98 Å². The maximum atomic E-state index is 13.2. The quantitative estimate of drug-likeness (QED) is 0.859. The molecule has 6 heteroatoms. The van der Waals surface area contributed by atoms with Crippen LogP contribution in [0.15, 0.2) is 22.6 Å². The van der Waals surface area contributed by atoms with Crippen LogP contribution in [0.1, 0.15) is 6.42 Å². The molecular formula is C14H17FN2O3. The van der Waals surface area contributed by atoms with Gasteiger partial charge in [-0.05, 0) is 18.6 Å². The summed E-state index contributed by atoms with van der Waals surface area (Å²) >= 11 is 0. The Hall–Kier alpha value is -1.66. The summed E-state index contributed by atoms with van der Waals surface area (Å²) in [4.78, 5) is 6.39. The van der Waals surface area contributed by atoms with E-state index in [1.807, 2.05) is 4.90 Å². The summed E-state index contributed by atoms with van der Waals surface area (Å²) in [6, 6.07) is 4.98. The van der Waals surface area contributed by atoms with Crippen molar-refractivity contribution in [1.29, 1.82) is 0 Å². The lowest BCUT2D eigenvalue weighted by molar-refractivity contribution is 0.111. The third kappa shape index (κ3) is 2.36. The Morgan fingerprint density at radius 2 is 2.30 bits per heavy atom. The molecule has 0 bridgehead atoms. The lowest BCUT2D eigenvalue weighted by Gasteiger charge is -2.21. The highest BCUT2D eigenvalue weighted by atomic mass is 19.1. The average molecular weight is 280 g/mol. The first-order valence-electron chi connectivity index (χ1n) is 6.55. The van der Waals surface area contributed by atoms with E-state index in [1.54, 1.807) is 20.3 Å². The van der Waals surface area contributed by atoms with E-state index in [0.717, 1.165) is 6.42 Å². The molecule has 0 saturated carbocycles. The number of methoxy groups -OCH3 is 2. The standard InChI is InChI=1S/C14H17FN2O3/c1-18-8-10-6-11(19-2)7-17(10)14-16-12-5-9(15)3-4-13(12)20-14/h3-5,10-11H,6-8H2,1-2H3/t10-,11-/m0/s1. The highest BCUT2D eigenvalue weighted by Gasteiger charge is 2.35. The number of ether oxygens (including phenoxy) is 2. The van der Waals surface area contributed by atoms with Crippen LogP contribution in [0.3, 0.4) is 0 Å². The van der Waals surface area contributed by atoms with E-state index < -0.39 is 0 Å². The van der Waals surface area contributed by atoms with Crippen LogP contribution in [-0.4, -0.2) is 44.5 Å². The molecule has 1 saturated heterocycles. The van der Waals surface area contributed by atoms with Gasteiger partial charge in [0.2, 0.25) is 0 Å². The zero-order chi connectivity index (χ0) is 14.1. The number of fused-ring (bicyclic) bond motifs is 1. The largest absolute Gasteiger partial charge is 0.423 e. The Morgan fingerprint density at radius 3 is 3.05 bits per heavy atom. The van der Waals surface area contributed by atoms with Gasteiger partial charge in [0, 0.05) is 26.8 Å². The number of benzene rings is 1. The predicted molar refractivity (Wildman–Crippen MR) is 72.4 cm³/mol. The van der Waals surface area contributed by atoms with Gasteiger partial charge in [-0.2, -0.15) is 4.98 Å². The molecule has 1 aromatic carbocycles. The van der Waals surface area contributed by atoms with E-state index in [1.165, 1.54) is 12.1 Å². The molecule has 0 spiro atoms. The molecule has 1 aliphatic rings. The number of rotatable bonds is 4. The molecular weight excluding hydrogens is 263 g/mol. The number of oxazole rings is 1. The number of hydrogen-bond donors (Lipinski definition) is 0. The minimum atomic E-state index is -0.318. The van der Waals surface area contributed by atoms with Crippen molar-refractivity contribution >= 4 is 17.1 Å². The highest BCUT2D eigenvalue weighted by Crippen LogP contribution is 2.29. The van der Waals surface area contributed by atoms with E-state index >= 15 is 0 Å². The molecule has 0 radical (unpaired) electrons. The van der Waals surface area contributed by atoms with Crippen LogP contribution in [-0.2, 0) is 9.47 Å². The van der Waals surface area contributed by atoms with Crippen molar-refractivity contribution in [3.63, 3.8) is 0 Å². The summed E-state index contributed by atoms with van der Waals surface area (Å²) in [7, 11) is 3.36. The van der Waals surface area contributed by atoms with Crippen molar-refractivity contribution in [3.8, 4) is 0 Å². The second-order valence-electron chi connectivity index (χ2n) is 4.96. The first-order chi connectivity index (χ1) is 9.71. The van der Waals surface area contributed by atoms with Crippen LogP contribution in [0.5, 0.6) is 0 Å². The van der Waals surface area contributed by atoms with E-state index in [-0.39, 0.29) is 18.0 Å². The first kappa shape index (κ1) is 13.3. The van der Waals surface area contributed by atoms with Crippen molar-refractivity contribution in [2.75, 3.05) is 32.3 Å². The molecule has 2 atom stereocenters. The van der Waals surface area contributed by atoms with Gasteiger partial charge in [0.05, 0.1) is 18.8 Å². The third-order valence-electron chi connectivity index (χ3n) is 3.65. The van der Waals surface area contributed by atoms with Gasteiger partial charge in [0.25, 0.3) is 6.01 Å². The van der Waals surface area contributed by atoms with Crippen LogP contribution in [0.2, 0.25) is 0 Å². The van der Waals surface area contributed by atoms with Crippen LogP contribution in [0.4, 0.5) is 10.4 Å². The molecule has 108 valence electrons. The third-order valence-corrected chi connectivity index (χ3v) is 3.65. The topological polar surface area (TPSA) is 47.7 Å².